The summed E-state index contributed by atoms with van der Waals surface area (Å²) >= 11 is 0. The lowest BCUT2D eigenvalue weighted by Gasteiger charge is -2.40. The summed E-state index contributed by atoms with van der Waals surface area (Å²) < 4.78 is 0. The maximum Gasteiger partial charge on any atom is 0.255 e. The summed E-state index contributed by atoms with van der Waals surface area (Å²) in [6, 6.07) is 14.5. The molecule has 1 unspecified atom stereocenters. The molecule has 4 nitrogen and oxygen atoms in total. The van der Waals surface area contributed by atoms with Crippen molar-refractivity contribution in [2.75, 3.05) is 19.6 Å². The molecule has 3 rings (SSSR count). The van der Waals surface area contributed by atoms with Gasteiger partial charge in [-0.25, -0.2) is 0 Å². The van der Waals surface area contributed by atoms with Crippen molar-refractivity contribution in [3.8, 4) is 0 Å². The van der Waals surface area contributed by atoms with E-state index in [1.54, 1.807) is 6.20 Å². The van der Waals surface area contributed by atoms with Gasteiger partial charge >= 0.3 is 0 Å². The Balaban J connectivity index is 1.62. The number of hydrogen-bond donors (Lipinski definition) is 0. The van der Waals surface area contributed by atoms with Gasteiger partial charge in [0.25, 0.3) is 5.91 Å². The Morgan fingerprint density at radius 3 is 2.61 bits per heavy atom. The number of aromatic nitrogens is 1. The van der Waals surface area contributed by atoms with Gasteiger partial charge in [0.1, 0.15) is 0 Å². The predicted molar refractivity (Wildman–Crippen MR) is 91.2 cm³/mol. The number of carbonyl (C=O) groups is 1. The molecular formula is C19H23N3O. The van der Waals surface area contributed by atoms with Gasteiger partial charge in [0.15, 0.2) is 0 Å². The smallest absolute Gasteiger partial charge is 0.255 e. The summed E-state index contributed by atoms with van der Waals surface area (Å²) in [6.45, 7) is 7.57. The molecule has 0 aliphatic carbocycles. The number of piperazine rings is 1. The van der Waals surface area contributed by atoms with Crippen molar-refractivity contribution in [3.63, 3.8) is 0 Å². The van der Waals surface area contributed by atoms with Gasteiger partial charge in [-0.1, -0.05) is 30.3 Å². The van der Waals surface area contributed by atoms with Crippen LogP contribution in [-0.2, 0) is 6.54 Å². The van der Waals surface area contributed by atoms with Gasteiger partial charge in [0.2, 0.25) is 0 Å². The molecule has 1 aliphatic rings. The molecule has 120 valence electrons. The zero-order valence-electron chi connectivity index (χ0n) is 13.8. The minimum Gasteiger partial charge on any atom is -0.333 e. The highest BCUT2D eigenvalue weighted by atomic mass is 16.2. The van der Waals surface area contributed by atoms with Gasteiger partial charge < -0.3 is 4.90 Å². The largest absolute Gasteiger partial charge is 0.333 e. The summed E-state index contributed by atoms with van der Waals surface area (Å²) in [7, 11) is 0. The topological polar surface area (TPSA) is 36.4 Å². The number of nitrogens with zero attached hydrogens (tertiary/aromatic N) is 3. The average Bonchev–Trinajstić information content (AvgIpc) is 2.56. The van der Waals surface area contributed by atoms with Crippen molar-refractivity contribution < 1.29 is 4.79 Å². The molecule has 1 aromatic heterocycles. The van der Waals surface area contributed by atoms with Crippen LogP contribution in [0.4, 0.5) is 0 Å². The Morgan fingerprint density at radius 1 is 1.17 bits per heavy atom. The first kappa shape index (κ1) is 15.7. The van der Waals surface area contributed by atoms with Crippen molar-refractivity contribution >= 4 is 5.91 Å². The minimum atomic E-state index is 0.0874. The molecule has 1 atom stereocenters. The standard InChI is InChI=1S/C19H23N3O/c1-15-8-9-18(12-20-15)19(23)22-11-10-21(13-16(22)2)14-17-6-4-3-5-7-17/h3-9,12,16H,10-11,13-14H2,1-2H3. The molecule has 0 saturated carbocycles. The van der Waals surface area contributed by atoms with Crippen LogP contribution >= 0.6 is 0 Å². The van der Waals surface area contributed by atoms with Crippen LogP contribution in [0.25, 0.3) is 0 Å². The van der Waals surface area contributed by atoms with E-state index in [4.69, 9.17) is 0 Å². The molecule has 23 heavy (non-hydrogen) atoms. The van der Waals surface area contributed by atoms with Crippen LogP contribution in [0.15, 0.2) is 48.7 Å². The van der Waals surface area contributed by atoms with E-state index < -0.39 is 0 Å². The molecule has 0 N–H and O–H groups in total. The second kappa shape index (κ2) is 6.92. The van der Waals surface area contributed by atoms with Crippen molar-refractivity contribution in [1.29, 1.82) is 0 Å². The highest BCUT2D eigenvalue weighted by Gasteiger charge is 2.28. The van der Waals surface area contributed by atoms with E-state index in [9.17, 15) is 4.79 Å². The van der Waals surface area contributed by atoms with Gasteiger partial charge in [0.05, 0.1) is 5.56 Å². The van der Waals surface area contributed by atoms with E-state index in [0.29, 0.717) is 5.56 Å². The molecule has 2 heterocycles. The Kier molecular flexibility index (Phi) is 4.72. The summed E-state index contributed by atoms with van der Waals surface area (Å²) in [5, 5.41) is 0. The van der Waals surface area contributed by atoms with Crippen LogP contribution < -0.4 is 0 Å². The lowest BCUT2D eigenvalue weighted by atomic mass is 10.1. The first-order chi connectivity index (χ1) is 11.1. The summed E-state index contributed by atoms with van der Waals surface area (Å²) in [6.07, 6.45) is 1.68. The zero-order chi connectivity index (χ0) is 16.2. The van der Waals surface area contributed by atoms with E-state index in [0.717, 1.165) is 31.9 Å². The van der Waals surface area contributed by atoms with Crippen molar-refractivity contribution in [1.82, 2.24) is 14.8 Å². The quantitative estimate of drug-likeness (QED) is 0.875. The number of rotatable bonds is 3. The minimum absolute atomic E-state index is 0.0874. The normalized spacial score (nSPS) is 18.9. The number of pyridine rings is 1. The zero-order valence-corrected chi connectivity index (χ0v) is 13.8. The fourth-order valence-corrected chi connectivity index (χ4v) is 3.08. The molecule has 0 radical (unpaired) electrons. The number of amides is 1. The fraction of sp³-hybridized carbons (Fsp3) is 0.368. The van der Waals surface area contributed by atoms with Gasteiger partial charge in [-0.15, -0.1) is 0 Å². The number of carbonyl (C=O) groups excluding carboxylic acids is 1. The Bertz CT molecular complexity index is 654. The van der Waals surface area contributed by atoms with Gasteiger partial charge in [-0.3, -0.25) is 14.7 Å². The number of aryl methyl sites for hydroxylation is 1. The fourth-order valence-electron chi connectivity index (χ4n) is 3.08. The second-order valence-corrected chi connectivity index (χ2v) is 6.26. The maximum absolute atomic E-state index is 12.7. The van der Waals surface area contributed by atoms with Crippen LogP contribution in [0.2, 0.25) is 0 Å². The van der Waals surface area contributed by atoms with Crippen molar-refractivity contribution in [2.24, 2.45) is 0 Å². The van der Waals surface area contributed by atoms with Gasteiger partial charge in [-0.2, -0.15) is 0 Å². The first-order valence-electron chi connectivity index (χ1n) is 8.13. The number of benzene rings is 1. The summed E-state index contributed by atoms with van der Waals surface area (Å²) in [4.78, 5) is 21.3. The van der Waals surface area contributed by atoms with Crippen LogP contribution in [0.5, 0.6) is 0 Å². The highest BCUT2D eigenvalue weighted by molar-refractivity contribution is 5.94. The molecular weight excluding hydrogens is 286 g/mol. The van der Waals surface area contributed by atoms with Crippen LogP contribution in [-0.4, -0.2) is 46.4 Å². The first-order valence-corrected chi connectivity index (χ1v) is 8.13. The molecule has 2 aromatic rings. The third-order valence-electron chi connectivity index (χ3n) is 4.38. The molecule has 0 spiro atoms. The Labute approximate surface area is 137 Å². The maximum atomic E-state index is 12.7. The van der Waals surface area contributed by atoms with Gasteiger partial charge in [0, 0.05) is 44.1 Å². The van der Waals surface area contributed by atoms with E-state index >= 15 is 0 Å². The van der Waals surface area contributed by atoms with Crippen molar-refractivity contribution in [3.05, 3.63) is 65.5 Å². The van der Waals surface area contributed by atoms with Crippen LogP contribution in [0.1, 0.15) is 28.5 Å². The second-order valence-electron chi connectivity index (χ2n) is 6.26. The van der Waals surface area contributed by atoms with Crippen LogP contribution in [0.3, 0.4) is 0 Å². The van der Waals surface area contributed by atoms with Gasteiger partial charge in [-0.05, 0) is 31.5 Å². The third-order valence-corrected chi connectivity index (χ3v) is 4.38. The molecule has 1 aromatic carbocycles. The van der Waals surface area contributed by atoms with E-state index in [-0.39, 0.29) is 11.9 Å². The van der Waals surface area contributed by atoms with Crippen molar-refractivity contribution in [2.45, 2.75) is 26.4 Å². The van der Waals surface area contributed by atoms with E-state index in [2.05, 4.69) is 41.1 Å². The molecule has 0 bridgehead atoms. The molecule has 1 aliphatic heterocycles. The lowest BCUT2D eigenvalue weighted by Crippen LogP contribution is -2.53. The van der Waals surface area contributed by atoms with Crippen LogP contribution in [0, 0.1) is 6.92 Å². The SMILES string of the molecule is Cc1ccc(C(=O)N2CCN(Cc3ccccc3)CC2C)cn1. The number of hydrogen-bond acceptors (Lipinski definition) is 3. The monoisotopic (exact) mass is 309 g/mol. The summed E-state index contributed by atoms with van der Waals surface area (Å²) in [5.41, 5.74) is 2.93. The molecule has 1 fully saturated rings. The third kappa shape index (κ3) is 3.77. The molecule has 4 heteroatoms. The highest BCUT2D eigenvalue weighted by Crippen LogP contribution is 2.16. The average molecular weight is 309 g/mol. The lowest BCUT2D eigenvalue weighted by molar-refractivity contribution is 0.0475. The predicted octanol–water partition coefficient (Wildman–Crippen LogP) is 2.74. The summed E-state index contributed by atoms with van der Waals surface area (Å²) in [5.74, 6) is 0.0874. The van der Waals surface area contributed by atoms with E-state index in [1.165, 1.54) is 5.56 Å². The molecule has 1 amide bonds. The Morgan fingerprint density at radius 2 is 1.96 bits per heavy atom. The molecule has 1 saturated heterocycles. The van der Waals surface area contributed by atoms with E-state index in [1.807, 2.05) is 30.0 Å². The Hall–Kier alpha value is -2.20.